The van der Waals surface area contributed by atoms with Gasteiger partial charge in [0.15, 0.2) is 0 Å². The predicted octanol–water partition coefficient (Wildman–Crippen LogP) is 0.809. The average Bonchev–Trinajstić information content (AvgIpc) is 2.67. The van der Waals surface area contributed by atoms with Crippen LogP contribution in [0.4, 0.5) is 4.79 Å². The first-order valence-electron chi connectivity index (χ1n) is 4.93. The molecule has 2 amide bonds. The smallest absolute Gasteiger partial charge is 0.349 e. The van der Waals surface area contributed by atoms with Gasteiger partial charge >= 0.3 is 12.0 Å². The first-order chi connectivity index (χ1) is 8.79. The lowest BCUT2D eigenvalue weighted by atomic mass is 10.3. The minimum Gasteiger partial charge on any atom is -0.460 e. The minimum atomic E-state index is -4.20. The molecule has 0 aromatic carbocycles. The van der Waals surface area contributed by atoms with Crippen LogP contribution in [0.2, 0.25) is 0 Å². The summed E-state index contributed by atoms with van der Waals surface area (Å²) >= 11 is 6.27. The summed E-state index contributed by atoms with van der Waals surface area (Å²) in [6.07, 6.45) is 0. The van der Waals surface area contributed by atoms with Crippen LogP contribution in [0, 0.1) is 6.92 Å². The van der Waals surface area contributed by atoms with Crippen LogP contribution in [-0.2, 0) is 14.8 Å². The molecular formula is C9H11ClN2O5S2. The summed E-state index contributed by atoms with van der Waals surface area (Å²) in [5, 5.41) is 1.47. The summed E-state index contributed by atoms with van der Waals surface area (Å²) in [4.78, 5) is 21.9. The molecule has 0 unspecified atom stereocenters. The molecule has 1 aromatic heterocycles. The third-order valence-corrected chi connectivity index (χ3v) is 4.81. The van der Waals surface area contributed by atoms with Gasteiger partial charge in [0, 0.05) is 0 Å². The lowest BCUT2D eigenvalue weighted by Crippen LogP contribution is -2.35. The third kappa shape index (κ3) is 3.82. The number of urea groups is 1. The lowest BCUT2D eigenvalue weighted by Gasteiger charge is -2.07. The van der Waals surface area contributed by atoms with Crippen molar-refractivity contribution in [3.63, 3.8) is 0 Å². The topological polar surface area (TPSA) is 116 Å². The molecule has 0 radical (unpaired) electrons. The monoisotopic (exact) mass is 326 g/mol. The van der Waals surface area contributed by atoms with E-state index in [0.717, 1.165) is 11.3 Å². The van der Waals surface area contributed by atoms with E-state index in [4.69, 9.17) is 22.1 Å². The molecule has 19 heavy (non-hydrogen) atoms. The Morgan fingerprint density at radius 2 is 2.16 bits per heavy atom. The molecule has 1 heterocycles. The molecule has 0 aliphatic heterocycles. The van der Waals surface area contributed by atoms with Crippen molar-refractivity contribution >= 4 is 45.0 Å². The van der Waals surface area contributed by atoms with Crippen LogP contribution in [0.1, 0.15) is 15.2 Å². The number of esters is 1. The molecule has 0 aliphatic carbocycles. The fourth-order valence-corrected chi connectivity index (χ4v) is 3.93. The Labute approximate surface area is 118 Å². The van der Waals surface area contributed by atoms with Gasteiger partial charge in [0.05, 0.1) is 5.88 Å². The summed E-state index contributed by atoms with van der Waals surface area (Å²) in [6.45, 7) is 1.45. The number of halogens is 1. The summed E-state index contributed by atoms with van der Waals surface area (Å²) < 4.78 is 30.1. The van der Waals surface area contributed by atoms with E-state index in [1.54, 1.807) is 4.72 Å². The minimum absolute atomic E-state index is 0.0416. The Kier molecular flexibility index (Phi) is 5.15. The van der Waals surface area contributed by atoms with E-state index in [2.05, 4.69) is 0 Å². The average molecular weight is 327 g/mol. The zero-order valence-electron chi connectivity index (χ0n) is 9.80. The number of nitrogens with one attached hydrogen (secondary N) is 1. The Morgan fingerprint density at radius 3 is 2.68 bits per heavy atom. The molecule has 0 bridgehead atoms. The molecule has 0 aliphatic rings. The van der Waals surface area contributed by atoms with Crippen molar-refractivity contribution in [1.82, 2.24) is 4.72 Å². The van der Waals surface area contributed by atoms with Gasteiger partial charge in [-0.2, -0.15) is 0 Å². The number of nitrogens with two attached hydrogens (primary N) is 1. The Bertz CT molecular complexity index is 596. The number of alkyl halides is 1. The van der Waals surface area contributed by atoms with Crippen LogP contribution in [0.5, 0.6) is 0 Å². The van der Waals surface area contributed by atoms with Crippen LogP contribution < -0.4 is 10.5 Å². The highest BCUT2D eigenvalue weighted by Crippen LogP contribution is 2.27. The van der Waals surface area contributed by atoms with E-state index in [1.807, 2.05) is 0 Å². The number of rotatable bonds is 5. The van der Waals surface area contributed by atoms with E-state index < -0.39 is 22.0 Å². The van der Waals surface area contributed by atoms with Crippen molar-refractivity contribution in [1.29, 1.82) is 0 Å². The Morgan fingerprint density at radius 1 is 1.53 bits per heavy atom. The van der Waals surface area contributed by atoms with Gasteiger partial charge in [0.25, 0.3) is 10.0 Å². The number of hydrogen-bond acceptors (Lipinski definition) is 6. The number of ether oxygens (including phenoxy) is 1. The molecule has 3 N–H and O–H groups in total. The van der Waals surface area contributed by atoms with Crippen molar-refractivity contribution < 1.29 is 22.7 Å². The van der Waals surface area contributed by atoms with Crippen molar-refractivity contribution in [3.05, 3.63) is 15.8 Å². The highest BCUT2D eigenvalue weighted by molar-refractivity contribution is 7.90. The second-order valence-corrected chi connectivity index (χ2v) is 6.25. The van der Waals surface area contributed by atoms with Gasteiger partial charge in [-0.05, 0) is 17.9 Å². The second kappa shape index (κ2) is 6.22. The van der Waals surface area contributed by atoms with Gasteiger partial charge in [-0.25, -0.2) is 22.7 Å². The van der Waals surface area contributed by atoms with Gasteiger partial charge in [0.1, 0.15) is 16.4 Å². The third-order valence-electron chi connectivity index (χ3n) is 1.92. The maximum atomic E-state index is 11.9. The standard InChI is InChI=1S/C9H11ClN2O5S2/c1-5-4-18-6(8(13)17-3-2-10)7(5)19(15,16)12-9(11)14/h4H,2-3H2,1H3,(H3,11,12,14). The lowest BCUT2D eigenvalue weighted by molar-refractivity contribution is 0.0530. The van der Waals surface area contributed by atoms with Gasteiger partial charge < -0.3 is 10.5 Å². The number of sulfonamides is 1. The SMILES string of the molecule is Cc1csc(C(=O)OCCCl)c1S(=O)(=O)NC(N)=O. The van der Waals surface area contributed by atoms with E-state index in [0.29, 0.717) is 5.56 Å². The number of carbonyl (C=O) groups is 2. The fraction of sp³-hybridized carbons (Fsp3) is 0.333. The zero-order chi connectivity index (χ0) is 14.6. The van der Waals surface area contributed by atoms with Crippen molar-refractivity contribution in [2.24, 2.45) is 5.73 Å². The quantitative estimate of drug-likeness (QED) is 0.613. The predicted molar refractivity (Wildman–Crippen MR) is 70.0 cm³/mol. The van der Waals surface area contributed by atoms with Crippen LogP contribution in [0.15, 0.2) is 10.3 Å². The molecule has 10 heteroatoms. The highest BCUT2D eigenvalue weighted by Gasteiger charge is 2.28. The number of primary amides is 1. The largest absolute Gasteiger partial charge is 0.460 e. The number of amides is 2. The first kappa shape index (κ1) is 15.7. The van der Waals surface area contributed by atoms with Gasteiger partial charge in [-0.1, -0.05) is 0 Å². The van der Waals surface area contributed by atoms with E-state index in [1.165, 1.54) is 12.3 Å². The normalized spacial score (nSPS) is 11.1. The van der Waals surface area contributed by atoms with E-state index in [-0.39, 0.29) is 22.3 Å². The molecule has 106 valence electrons. The summed E-state index contributed by atoms with van der Waals surface area (Å²) in [5.41, 5.74) is 5.10. The summed E-state index contributed by atoms with van der Waals surface area (Å²) in [7, 11) is -4.20. The van der Waals surface area contributed by atoms with Crippen molar-refractivity contribution in [2.45, 2.75) is 11.8 Å². The molecule has 0 atom stereocenters. The maximum absolute atomic E-state index is 11.9. The second-order valence-electron chi connectivity index (χ2n) is 3.37. The van der Waals surface area contributed by atoms with Gasteiger partial charge in [0.2, 0.25) is 0 Å². The van der Waals surface area contributed by atoms with E-state index in [9.17, 15) is 18.0 Å². The van der Waals surface area contributed by atoms with Crippen LogP contribution in [0.3, 0.4) is 0 Å². The number of carbonyl (C=O) groups excluding carboxylic acids is 2. The number of thiophene rings is 1. The molecule has 0 saturated heterocycles. The molecule has 1 rings (SSSR count). The first-order valence-corrected chi connectivity index (χ1v) is 7.82. The van der Waals surface area contributed by atoms with Gasteiger partial charge in [-0.15, -0.1) is 22.9 Å². The fourth-order valence-electron chi connectivity index (χ4n) is 1.29. The number of aryl methyl sites for hydroxylation is 1. The highest BCUT2D eigenvalue weighted by atomic mass is 35.5. The molecular weight excluding hydrogens is 316 g/mol. The van der Waals surface area contributed by atoms with Crippen LogP contribution in [-0.4, -0.2) is 32.9 Å². The summed E-state index contributed by atoms with van der Waals surface area (Å²) in [5.74, 6) is -0.721. The molecule has 0 spiro atoms. The van der Waals surface area contributed by atoms with Crippen molar-refractivity contribution in [2.75, 3.05) is 12.5 Å². The maximum Gasteiger partial charge on any atom is 0.349 e. The van der Waals surface area contributed by atoms with Crippen LogP contribution in [0.25, 0.3) is 0 Å². The van der Waals surface area contributed by atoms with Crippen molar-refractivity contribution in [3.8, 4) is 0 Å². The van der Waals surface area contributed by atoms with Gasteiger partial charge in [-0.3, -0.25) is 0 Å². The molecule has 7 nitrogen and oxygen atoms in total. The zero-order valence-corrected chi connectivity index (χ0v) is 12.2. The Hall–Kier alpha value is -1.32. The Balaban J connectivity index is 3.18. The number of hydrogen-bond donors (Lipinski definition) is 2. The molecule has 0 fully saturated rings. The van der Waals surface area contributed by atoms with E-state index >= 15 is 0 Å². The molecule has 1 aromatic rings. The van der Waals surface area contributed by atoms with Crippen LogP contribution >= 0.6 is 22.9 Å². The molecule has 0 saturated carbocycles. The summed E-state index contributed by atoms with van der Waals surface area (Å²) in [6, 6.07) is -1.23.